The molecule has 0 bridgehead atoms. The molecule has 0 fully saturated rings. The van der Waals surface area contributed by atoms with E-state index in [4.69, 9.17) is 5.11 Å². The minimum atomic E-state index is 0.216. The van der Waals surface area contributed by atoms with E-state index in [1.165, 1.54) is 18.4 Å². The van der Waals surface area contributed by atoms with E-state index in [9.17, 15) is 0 Å². The van der Waals surface area contributed by atoms with Crippen LogP contribution in [0.4, 0.5) is 0 Å². The molecule has 1 unspecified atom stereocenters. The van der Waals surface area contributed by atoms with Crippen LogP contribution in [0.2, 0.25) is 0 Å². The molecular weight excluding hydrogens is 186 g/mol. The monoisotopic (exact) mass is 207 g/mol. The van der Waals surface area contributed by atoms with Crippen LogP contribution in [-0.2, 0) is 0 Å². The SMILES string of the molecule is CCCC(CNCCO)c1ccccc1. The van der Waals surface area contributed by atoms with Gasteiger partial charge < -0.3 is 10.4 Å². The van der Waals surface area contributed by atoms with E-state index in [2.05, 4.69) is 36.5 Å². The lowest BCUT2D eigenvalue weighted by Gasteiger charge is -2.17. The van der Waals surface area contributed by atoms with Gasteiger partial charge in [-0.15, -0.1) is 0 Å². The summed E-state index contributed by atoms with van der Waals surface area (Å²) >= 11 is 0. The first kappa shape index (κ1) is 12.2. The first-order valence-corrected chi connectivity index (χ1v) is 5.75. The van der Waals surface area contributed by atoms with Gasteiger partial charge in [-0.1, -0.05) is 43.7 Å². The smallest absolute Gasteiger partial charge is 0.0555 e. The fraction of sp³-hybridized carbons (Fsp3) is 0.538. The molecule has 1 aromatic rings. The lowest BCUT2D eigenvalue weighted by atomic mass is 9.94. The second kappa shape index (κ2) is 7.43. The second-order valence-corrected chi connectivity index (χ2v) is 3.82. The predicted molar refractivity (Wildman–Crippen MR) is 64.0 cm³/mol. The van der Waals surface area contributed by atoms with Crippen molar-refractivity contribution in [3.05, 3.63) is 35.9 Å². The molecule has 2 heteroatoms. The average Bonchev–Trinajstić information content (AvgIpc) is 2.29. The Morgan fingerprint density at radius 3 is 2.60 bits per heavy atom. The Morgan fingerprint density at radius 1 is 1.27 bits per heavy atom. The van der Waals surface area contributed by atoms with E-state index in [1.54, 1.807) is 0 Å². The maximum Gasteiger partial charge on any atom is 0.0555 e. The van der Waals surface area contributed by atoms with Crippen LogP contribution in [0, 0.1) is 0 Å². The van der Waals surface area contributed by atoms with Crippen LogP contribution in [0.25, 0.3) is 0 Å². The van der Waals surface area contributed by atoms with Gasteiger partial charge in [0.2, 0.25) is 0 Å². The average molecular weight is 207 g/mol. The van der Waals surface area contributed by atoms with Crippen LogP contribution < -0.4 is 5.32 Å². The second-order valence-electron chi connectivity index (χ2n) is 3.82. The zero-order valence-electron chi connectivity index (χ0n) is 9.45. The van der Waals surface area contributed by atoms with Gasteiger partial charge in [-0.3, -0.25) is 0 Å². The van der Waals surface area contributed by atoms with Crippen LogP contribution in [0.15, 0.2) is 30.3 Å². The van der Waals surface area contributed by atoms with Crippen molar-refractivity contribution < 1.29 is 5.11 Å². The Labute approximate surface area is 92.3 Å². The molecule has 0 aliphatic carbocycles. The summed E-state index contributed by atoms with van der Waals surface area (Å²) in [5.41, 5.74) is 1.39. The summed E-state index contributed by atoms with van der Waals surface area (Å²) in [4.78, 5) is 0. The van der Waals surface area contributed by atoms with Crippen LogP contribution in [-0.4, -0.2) is 24.8 Å². The topological polar surface area (TPSA) is 32.3 Å². The normalized spacial score (nSPS) is 12.7. The summed E-state index contributed by atoms with van der Waals surface area (Å²) in [5, 5.41) is 12.0. The van der Waals surface area contributed by atoms with E-state index in [-0.39, 0.29) is 6.61 Å². The van der Waals surface area contributed by atoms with Crippen LogP contribution in [0.1, 0.15) is 31.2 Å². The number of aliphatic hydroxyl groups is 1. The van der Waals surface area contributed by atoms with Crippen molar-refractivity contribution in [2.75, 3.05) is 19.7 Å². The van der Waals surface area contributed by atoms with E-state index in [0.717, 1.165) is 6.54 Å². The number of rotatable bonds is 7. The molecule has 1 rings (SSSR count). The molecule has 0 aliphatic heterocycles. The van der Waals surface area contributed by atoms with Crippen molar-refractivity contribution in [1.82, 2.24) is 5.32 Å². The molecule has 0 heterocycles. The van der Waals surface area contributed by atoms with E-state index in [1.807, 2.05) is 6.07 Å². The molecule has 0 amide bonds. The third-order valence-electron chi connectivity index (χ3n) is 2.59. The Balaban J connectivity index is 2.50. The number of nitrogens with one attached hydrogen (secondary N) is 1. The zero-order chi connectivity index (χ0) is 10.9. The standard InChI is InChI=1S/C13H21NO/c1-2-6-13(11-14-9-10-15)12-7-4-3-5-8-12/h3-5,7-8,13-15H,2,6,9-11H2,1H3. The maximum absolute atomic E-state index is 8.72. The van der Waals surface area contributed by atoms with E-state index < -0.39 is 0 Å². The number of aliphatic hydroxyl groups excluding tert-OH is 1. The van der Waals surface area contributed by atoms with Crippen LogP contribution in [0.5, 0.6) is 0 Å². The van der Waals surface area contributed by atoms with Gasteiger partial charge in [0.05, 0.1) is 6.61 Å². The molecular formula is C13H21NO. The molecule has 0 radical (unpaired) electrons. The first-order valence-electron chi connectivity index (χ1n) is 5.75. The summed E-state index contributed by atoms with van der Waals surface area (Å²) in [6, 6.07) is 10.6. The van der Waals surface area contributed by atoms with Crippen molar-refractivity contribution in [1.29, 1.82) is 0 Å². The van der Waals surface area contributed by atoms with E-state index in [0.29, 0.717) is 12.5 Å². The van der Waals surface area contributed by atoms with Gasteiger partial charge in [0.1, 0.15) is 0 Å². The third kappa shape index (κ3) is 4.45. The van der Waals surface area contributed by atoms with Crippen molar-refractivity contribution >= 4 is 0 Å². The van der Waals surface area contributed by atoms with Crippen LogP contribution in [0.3, 0.4) is 0 Å². The first-order chi connectivity index (χ1) is 7.38. The molecule has 2 nitrogen and oxygen atoms in total. The molecule has 0 spiro atoms. The fourth-order valence-electron chi connectivity index (χ4n) is 1.82. The minimum Gasteiger partial charge on any atom is -0.395 e. The molecule has 15 heavy (non-hydrogen) atoms. The van der Waals surface area contributed by atoms with Gasteiger partial charge in [-0.25, -0.2) is 0 Å². The lowest BCUT2D eigenvalue weighted by molar-refractivity contribution is 0.290. The van der Waals surface area contributed by atoms with Crippen molar-refractivity contribution in [2.45, 2.75) is 25.7 Å². The third-order valence-corrected chi connectivity index (χ3v) is 2.59. The Kier molecular flexibility index (Phi) is 6.05. The highest BCUT2D eigenvalue weighted by molar-refractivity contribution is 5.19. The van der Waals surface area contributed by atoms with Gasteiger partial charge in [-0.2, -0.15) is 0 Å². The lowest BCUT2D eigenvalue weighted by Crippen LogP contribution is -2.24. The highest BCUT2D eigenvalue weighted by Gasteiger charge is 2.08. The molecule has 0 aromatic heterocycles. The Bertz CT molecular complexity index is 248. The summed E-state index contributed by atoms with van der Waals surface area (Å²) in [6.07, 6.45) is 2.39. The van der Waals surface area contributed by atoms with Gasteiger partial charge >= 0.3 is 0 Å². The molecule has 84 valence electrons. The molecule has 0 saturated carbocycles. The van der Waals surface area contributed by atoms with Gasteiger partial charge in [-0.05, 0) is 17.9 Å². The van der Waals surface area contributed by atoms with Crippen molar-refractivity contribution in [3.63, 3.8) is 0 Å². The summed E-state index contributed by atoms with van der Waals surface area (Å²) < 4.78 is 0. The molecule has 0 aliphatic rings. The quantitative estimate of drug-likeness (QED) is 0.671. The van der Waals surface area contributed by atoms with Crippen LogP contribution >= 0.6 is 0 Å². The molecule has 0 saturated heterocycles. The minimum absolute atomic E-state index is 0.216. The predicted octanol–water partition coefficient (Wildman–Crippen LogP) is 2.15. The van der Waals surface area contributed by atoms with Gasteiger partial charge in [0, 0.05) is 13.1 Å². The highest BCUT2D eigenvalue weighted by Crippen LogP contribution is 2.19. The largest absolute Gasteiger partial charge is 0.395 e. The molecule has 1 aromatic carbocycles. The number of benzene rings is 1. The zero-order valence-corrected chi connectivity index (χ0v) is 9.45. The van der Waals surface area contributed by atoms with Crippen molar-refractivity contribution in [3.8, 4) is 0 Å². The number of hydrogen-bond donors (Lipinski definition) is 2. The van der Waals surface area contributed by atoms with Gasteiger partial charge in [0.25, 0.3) is 0 Å². The van der Waals surface area contributed by atoms with Crippen molar-refractivity contribution in [2.24, 2.45) is 0 Å². The summed E-state index contributed by atoms with van der Waals surface area (Å²) in [6.45, 7) is 4.07. The fourth-order valence-corrected chi connectivity index (χ4v) is 1.82. The van der Waals surface area contributed by atoms with Gasteiger partial charge in [0.15, 0.2) is 0 Å². The summed E-state index contributed by atoms with van der Waals surface area (Å²) in [7, 11) is 0. The Morgan fingerprint density at radius 2 is 2.00 bits per heavy atom. The Hall–Kier alpha value is -0.860. The summed E-state index contributed by atoms with van der Waals surface area (Å²) in [5.74, 6) is 0.572. The highest BCUT2D eigenvalue weighted by atomic mass is 16.3. The van der Waals surface area contributed by atoms with E-state index >= 15 is 0 Å². The maximum atomic E-state index is 8.72. The molecule has 1 atom stereocenters. The number of hydrogen-bond acceptors (Lipinski definition) is 2. The molecule has 2 N–H and O–H groups in total.